The summed E-state index contributed by atoms with van der Waals surface area (Å²) < 4.78 is 0. The molecule has 0 saturated carbocycles. The summed E-state index contributed by atoms with van der Waals surface area (Å²) in [7, 11) is 0. The van der Waals surface area contributed by atoms with Crippen molar-refractivity contribution in [3.63, 3.8) is 0 Å². The molecule has 1 aliphatic rings. The molecule has 2 rings (SSSR count). The first-order valence-electron chi connectivity index (χ1n) is 7.31. The highest BCUT2D eigenvalue weighted by Crippen LogP contribution is 2.18. The molecular formula is C16H23ClN2O. The number of piperidine rings is 1. The van der Waals surface area contributed by atoms with E-state index in [2.05, 4.69) is 18.3 Å². The molecule has 3 nitrogen and oxygen atoms in total. The molecule has 0 aliphatic carbocycles. The van der Waals surface area contributed by atoms with Crippen molar-refractivity contribution in [1.29, 1.82) is 0 Å². The van der Waals surface area contributed by atoms with E-state index in [1.54, 1.807) is 6.92 Å². The predicted molar refractivity (Wildman–Crippen MR) is 83.0 cm³/mol. The van der Waals surface area contributed by atoms with Crippen molar-refractivity contribution in [3.05, 3.63) is 34.9 Å². The lowest BCUT2D eigenvalue weighted by Crippen LogP contribution is -2.47. The van der Waals surface area contributed by atoms with Crippen LogP contribution in [0.3, 0.4) is 0 Å². The third kappa shape index (κ3) is 4.22. The lowest BCUT2D eigenvalue weighted by Gasteiger charge is -2.33. The van der Waals surface area contributed by atoms with Crippen molar-refractivity contribution in [2.24, 2.45) is 0 Å². The summed E-state index contributed by atoms with van der Waals surface area (Å²) in [4.78, 5) is 13.2. The molecule has 1 aromatic rings. The Labute approximate surface area is 126 Å². The van der Waals surface area contributed by atoms with Crippen LogP contribution in [0.2, 0.25) is 5.02 Å². The minimum absolute atomic E-state index is 0.188. The van der Waals surface area contributed by atoms with Gasteiger partial charge in [-0.15, -0.1) is 0 Å². The highest BCUT2D eigenvalue weighted by molar-refractivity contribution is 6.31. The maximum Gasteiger partial charge on any atom is 0.219 e. The number of likely N-dealkylation sites (tertiary alicyclic amines) is 1. The molecule has 1 N–H and O–H groups in total. The van der Waals surface area contributed by atoms with E-state index in [1.807, 2.05) is 23.1 Å². The molecule has 4 heteroatoms. The van der Waals surface area contributed by atoms with E-state index in [4.69, 9.17) is 11.6 Å². The number of rotatable bonds is 4. The van der Waals surface area contributed by atoms with Gasteiger partial charge in [-0.25, -0.2) is 0 Å². The average molecular weight is 295 g/mol. The van der Waals surface area contributed by atoms with Gasteiger partial charge in [0, 0.05) is 37.1 Å². The first-order valence-corrected chi connectivity index (χ1v) is 7.69. The third-order valence-corrected chi connectivity index (χ3v) is 4.31. The fourth-order valence-electron chi connectivity index (χ4n) is 2.82. The molecule has 0 spiro atoms. The van der Waals surface area contributed by atoms with E-state index < -0.39 is 0 Å². The smallest absolute Gasteiger partial charge is 0.219 e. The molecule has 1 aromatic carbocycles. The van der Waals surface area contributed by atoms with Crippen molar-refractivity contribution < 1.29 is 4.79 Å². The molecule has 0 bridgehead atoms. The maximum absolute atomic E-state index is 11.3. The minimum Gasteiger partial charge on any atom is -0.343 e. The number of carbonyl (C=O) groups excluding carboxylic acids is 1. The van der Waals surface area contributed by atoms with Gasteiger partial charge in [-0.2, -0.15) is 0 Å². The second-order valence-corrected chi connectivity index (χ2v) is 6.05. The SMILES string of the molecule is CC(=O)N1CCC(NC(C)Cc2ccccc2Cl)CC1. The lowest BCUT2D eigenvalue weighted by molar-refractivity contribution is -0.129. The van der Waals surface area contributed by atoms with Gasteiger partial charge >= 0.3 is 0 Å². The Morgan fingerprint density at radius 2 is 2.05 bits per heavy atom. The first-order chi connectivity index (χ1) is 9.56. The van der Waals surface area contributed by atoms with Crippen LogP contribution in [0.4, 0.5) is 0 Å². The molecule has 0 aromatic heterocycles. The van der Waals surface area contributed by atoms with Crippen molar-refractivity contribution in [2.75, 3.05) is 13.1 Å². The molecule has 0 radical (unpaired) electrons. The number of amides is 1. The lowest BCUT2D eigenvalue weighted by atomic mass is 10.0. The van der Waals surface area contributed by atoms with E-state index in [-0.39, 0.29) is 5.91 Å². The highest BCUT2D eigenvalue weighted by atomic mass is 35.5. The highest BCUT2D eigenvalue weighted by Gasteiger charge is 2.21. The Bertz CT molecular complexity index is 456. The summed E-state index contributed by atoms with van der Waals surface area (Å²) in [5.74, 6) is 0.188. The number of benzene rings is 1. The van der Waals surface area contributed by atoms with E-state index >= 15 is 0 Å². The Morgan fingerprint density at radius 1 is 1.40 bits per heavy atom. The standard InChI is InChI=1S/C16H23ClN2O/c1-12(11-14-5-3-4-6-16(14)17)18-15-7-9-19(10-8-15)13(2)20/h3-6,12,15,18H,7-11H2,1-2H3. The Morgan fingerprint density at radius 3 is 2.65 bits per heavy atom. The molecule has 1 heterocycles. The van der Waals surface area contributed by atoms with E-state index in [0.29, 0.717) is 12.1 Å². The molecule has 1 amide bonds. The van der Waals surface area contributed by atoms with Crippen molar-refractivity contribution in [2.45, 2.75) is 45.2 Å². The topological polar surface area (TPSA) is 32.3 Å². The van der Waals surface area contributed by atoms with Gasteiger partial charge in [0.05, 0.1) is 0 Å². The molecule has 1 atom stereocenters. The predicted octanol–water partition coefficient (Wildman–Crippen LogP) is 2.87. The molecule has 1 fully saturated rings. The monoisotopic (exact) mass is 294 g/mol. The number of hydrogen-bond acceptors (Lipinski definition) is 2. The van der Waals surface area contributed by atoms with Crippen LogP contribution in [-0.4, -0.2) is 36.0 Å². The number of hydrogen-bond donors (Lipinski definition) is 1. The summed E-state index contributed by atoms with van der Waals surface area (Å²) in [6.45, 7) is 5.58. The number of nitrogens with zero attached hydrogens (tertiary/aromatic N) is 1. The Kier molecular flexibility index (Phi) is 5.44. The fraction of sp³-hybridized carbons (Fsp3) is 0.562. The molecule has 1 aliphatic heterocycles. The number of halogens is 1. The van der Waals surface area contributed by atoms with Gasteiger partial charge in [-0.3, -0.25) is 4.79 Å². The van der Waals surface area contributed by atoms with Crippen LogP contribution >= 0.6 is 11.6 Å². The van der Waals surface area contributed by atoms with Crippen molar-refractivity contribution in [3.8, 4) is 0 Å². The first kappa shape index (κ1) is 15.3. The maximum atomic E-state index is 11.3. The van der Waals surface area contributed by atoms with E-state index in [9.17, 15) is 4.79 Å². The minimum atomic E-state index is 0.188. The largest absolute Gasteiger partial charge is 0.343 e. The zero-order valence-corrected chi connectivity index (χ0v) is 13.0. The second-order valence-electron chi connectivity index (χ2n) is 5.64. The Hall–Kier alpha value is -1.06. The normalized spacial score (nSPS) is 18.1. The third-order valence-electron chi connectivity index (χ3n) is 3.94. The van der Waals surface area contributed by atoms with Gasteiger partial charge < -0.3 is 10.2 Å². The molecule has 110 valence electrons. The summed E-state index contributed by atoms with van der Waals surface area (Å²) in [5, 5.41) is 4.50. The van der Waals surface area contributed by atoms with E-state index in [1.165, 1.54) is 5.56 Å². The average Bonchev–Trinajstić information content (AvgIpc) is 2.42. The molecular weight excluding hydrogens is 272 g/mol. The van der Waals surface area contributed by atoms with Gasteiger partial charge in [-0.05, 0) is 37.8 Å². The van der Waals surface area contributed by atoms with Crippen LogP contribution in [0, 0.1) is 0 Å². The van der Waals surface area contributed by atoms with Crippen molar-refractivity contribution in [1.82, 2.24) is 10.2 Å². The molecule has 20 heavy (non-hydrogen) atoms. The summed E-state index contributed by atoms with van der Waals surface area (Å²) in [6.07, 6.45) is 3.01. The van der Waals surface area contributed by atoms with Crippen LogP contribution < -0.4 is 5.32 Å². The second kappa shape index (κ2) is 7.09. The van der Waals surface area contributed by atoms with E-state index in [0.717, 1.165) is 37.4 Å². The van der Waals surface area contributed by atoms with Crippen LogP contribution in [0.5, 0.6) is 0 Å². The van der Waals surface area contributed by atoms with Crippen LogP contribution in [0.1, 0.15) is 32.3 Å². The van der Waals surface area contributed by atoms with Gasteiger partial charge in [-0.1, -0.05) is 29.8 Å². The molecule has 1 saturated heterocycles. The van der Waals surface area contributed by atoms with Gasteiger partial charge in [0.15, 0.2) is 0 Å². The van der Waals surface area contributed by atoms with Crippen molar-refractivity contribution >= 4 is 17.5 Å². The number of nitrogens with one attached hydrogen (secondary N) is 1. The number of carbonyl (C=O) groups is 1. The van der Waals surface area contributed by atoms with Gasteiger partial charge in [0.2, 0.25) is 5.91 Å². The van der Waals surface area contributed by atoms with Gasteiger partial charge in [0.1, 0.15) is 0 Å². The quantitative estimate of drug-likeness (QED) is 0.926. The summed E-state index contributed by atoms with van der Waals surface area (Å²) in [6, 6.07) is 8.90. The van der Waals surface area contributed by atoms with Crippen LogP contribution in [0.25, 0.3) is 0 Å². The summed E-state index contributed by atoms with van der Waals surface area (Å²) in [5.41, 5.74) is 1.19. The van der Waals surface area contributed by atoms with Crippen LogP contribution in [0.15, 0.2) is 24.3 Å². The summed E-state index contributed by atoms with van der Waals surface area (Å²) >= 11 is 6.19. The molecule has 1 unspecified atom stereocenters. The van der Waals surface area contributed by atoms with Crippen LogP contribution in [-0.2, 0) is 11.2 Å². The Balaban J connectivity index is 1.80. The van der Waals surface area contributed by atoms with Gasteiger partial charge in [0.25, 0.3) is 0 Å². The zero-order chi connectivity index (χ0) is 14.5. The zero-order valence-electron chi connectivity index (χ0n) is 12.2. The fourth-order valence-corrected chi connectivity index (χ4v) is 3.03.